The minimum absolute atomic E-state index is 0.281. The highest BCUT2D eigenvalue weighted by molar-refractivity contribution is 9.10. The number of rotatable bonds is 5. The molecule has 0 aliphatic heterocycles. The van der Waals surface area contributed by atoms with Crippen molar-refractivity contribution in [1.29, 1.82) is 0 Å². The molecule has 0 aliphatic carbocycles. The number of hydrogen-bond acceptors (Lipinski definition) is 3. The van der Waals surface area contributed by atoms with E-state index in [1.807, 2.05) is 0 Å². The molecule has 3 nitrogen and oxygen atoms in total. The van der Waals surface area contributed by atoms with Crippen molar-refractivity contribution in [1.82, 2.24) is 0 Å². The lowest BCUT2D eigenvalue weighted by atomic mass is 10.2. The van der Waals surface area contributed by atoms with Gasteiger partial charge in [-0.25, -0.2) is 4.39 Å². The maximum atomic E-state index is 13.8. The van der Waals surface area contributed by atoms with Gasteiger partial charge in [-0.05, 0) is 12.1 Å². The van der Waals surface area contributed by atoms with Gasteiger partial charge in [0.2, 0.25) is 0 Å². The molecule has 0 aromatic heterocycles. The van der Waals surface area contributed by atoms with Crippen LogP contribution in [0, 0.1) is 5.82 Å². The molecule has 0 aliphatic rings. The van der Waals surface area contributed by atoms with Crippen molar-refractivity contribution in [3.05, 3.63) is 51.2 Å². The Bertz CT molecular complexity index is 652. The third-order valence-corrected chi connectivity index (χ3v) is 3.75. The summed E-state index contributed by atoms with van der Waals surface area (Å²) in [7, 11) is 3.08. The summed E-state index contributed by atoms with van der Waals surface area (Å²) >= 11 is 9.27. The Balaban J connectivity index is 2.22. The number of methoxy groups -OCH3 is 2. The zero-order chi connectivity index (χ0) is 15.4. The van der Waals surface area contributed by atoms with Gasteiger partial charge in [0.25, 0.3) is 0 Å². The van der Waals surface area contributed by atoms with Crippen LogP contribution in [0.15, 0.2) is 34.8 Å². The third-order valence-electron chi connectivity index (χ3n) is 2.96. The first-order valence-corrected chi connectivity index (χ1v) is 7.31. The van der Waals surface area contributed by atoms with Crippen molar-refractivity contribution >= 4 is 33.2 Å². The van der Waals surface area contributed by atoms with Gasteiger partial charge in [0.1, 0.15) is 17.3 Å². The van der Waals surface area contributed by atoms with E-state index in [2.05, 4.69) is 21.2 Å². The third kappa shape index (κ3) is 3.80. The van der Waals surface area contributed by atoms with Crippen LogP contribution < -0.4 is 14.8 Å². The Hall–Kier alpha value is -1.46. The van der Waals surface area contributed by atoms with Crippen LogP contribution in [0.1, 0.15) is 5.56 Å². The topological polar surface area (TPSA) is 30.5 Å². The van der Waals surface area contributed by atoms with Crippen LogP contribution >= 0.6 is 27.5 Å². The average Bonchev–Trinajstić information content (AvgIpc) is 2.47. The van der Waals surface area contributed by atoms with Gasteiger partial charge in [-0.15, -0.1) is 0 Å². The molecule has 2 rings (SSSR count). The molecule has 112 valence electrons. The summed E-state index contributed by atoms with van der Waals surface area (Å²) in [5, 5.41) is 3.58. The zero-order valence-corrected chi connectivity index (χ0v) is 13.9. The van der Waals surface area contributed by atoms with Crippen LogP contribution in [0.5, 0.6) is 11.5 Å². The first-order valence-electron chi connectivity index (χ1n) is 6.14. The number of ether oxygens (including phenoxy) is 2. The summed E-state index contributed by atoms with van der Waals surface area (Å²) in [5.41, 5.74) is 1.23. The van der Waals surface area contributed by atoms with E-state index in [9.17, 15) is 4.39 Å². The smallest absolute Gasteiger partial charge is 0.143 e. The van der Waals surface area contributed by atoms with E-state index in [0.717, 1.165) is 0 Å². The molecule has 0 saturated heterocycles. The normalized spacial score (nSPS) is 10.3. The van der Waals surface area contributed by atoms with E-state index in [1.165, 1.54) is 13.2 Å². The lowest BCUT2D eigenvalue weighted by molar-refractivity contribution is 0.404. The molecule has 21 heavy (non-hydrogen) atoms. The summed E-state index contributed by atoms with van der Waals surface area (Å²) in [4.78, 5) is 0. The highest BCUT2D eigenvalue weighted by atomic mass is 79.9. The number of anilines is 1. The average molecular weight is 375 g/mol. The molecule has 0 atom stereocenters. The van der Waals surface area contributed by atoms with E-state index in [-0.39, 0.29) is 5.82 Å². The minimum atomic E-state index is -0.281. The molecule has 0 radical (unpaired) electrons. The van der Waals surface area contributed by atoms with Gasteiger partial charge in [-0.2, -0.15) is 0 Å². The largest absolute Gasteiger partial charge is 0.495 e. The molecule has 0 spiro atoms. The lowest BCUT2D eigenvalue weighted by Gasteiger charge is -2.14. The Morgan fingerprint density at radius 3 is 2.48 bits per heavy atom. The fourth-order valence-corrected chi connectivity index (χ4v) is 2.42. The monoisotopic (exact) mass is 373 g/mol. The molecule has 0 saturated carbocycles. The highest BCUT2D eigenvalue weighted by Gasteiger charge is 2.10. The molecule has 2 aromatic rings. The molecule has 0 bridgehead atoms. The van der Waals surface area contributed by atoms with Crippen molar-refractivity contribution in [2.75, 3.05) is 19.5 Å². The Labute approximate surface area is 136 Å². The van der Waals surface area contributed by atoms with Gasteiger partial charge in [0.05, 0.1) is 24.9 Å². The Morgan fingerprint density at radius 2 is 1.86 bits per heavy atom. The maximum absolute atomic E-state index is 13.8. The second kappa shape index (κ2) is 7.00. The number of hydrogen-bond donors (Lipinski definition) is 1. The van der Waals surface area contributed by atoms with Crippen LogP contribution in [0.2, 0.25) is 5.02 Å². The van der Waals surface area contributed by atoms with E-state index < -0.39 is 0 Å². The van der Waals surface area contributed by atoms with Crippen molar-refractivity contribution < 1.29 is 13.9 Å². The first kappa shape index (κ1) is 15.9. The minimum Gasteiger partial charge on any atom is -0.495 e. The van der Waals surface area contributed by atoms with E-state index in [1.54, 1.807) is 31.4 Å². The first-order chi connectivity index (χ1) is 10.0. The van der Waals surface area contributed by atoms with E-state index in [4.69, 9.17) is 21.1 Å². The van der Waals surface area contributed by atoms with E-state index >= 15 is 0 Å². The van der Waals surface area contributed by atoms with Gasteiger partial charge in [0, 0.05) is 28.7 Å². The lowest BCUT2D eigenvalue weighted by Crippen LogP contribution is -2.04. The second-order valence-corrected chi connectivity index (χ2v) is 5.60. The maximum Gasteiger partial charge on any atom is 0.143 e. The summed E-state index contributed by atoms with van der Waals surface area (Å²) in [5.74, 6) is 0.811. The number of halogens is 3. The predicted octanol–water partition coefficient (Wildman–Crippen LogP) is 4.87. The Morgan fingerprint density at radius 1 is 1.14 bits per heavy atom. The molecule has 6 heteroatoms. The predicted molar refractivity (Wildman–Crippen MR) is 86.0 cm³/mol. The number of benzene rings is 2. The van der Waals surface area contributed by atoms with Gasteiger partial charge in [0.15, 0.2) is 0 Å². The van der Waals surface area contributed by atoms with Crippen LogP contribution in [-0.4, -0.2) is 14.2 Å². The molecule has 0 heterocycles. The van der Waals surface area contributed by atoms with Crippen LogP contribution in [0.25, 0.3) is 0 Å². The molecule has 2 aromatic carbocycles. The van der Waals surface area contributed by atoms with Gasteiger partial charge < -0.3 is 14.8 Å². The van der Waals surface area contributed by atoms with Crippen molar-refractivity contribution in [2.24, 2.45) is 0 Å². The van der Waals surface area contributed by atoms with E-state index in [0.29, 0.717) is 38.8 Å². The summed E-state index contributed by atoms with van der Waals surface area (Å²) < 4.78 is 24.9. The molecule has 0 unspecified atom stereocenters. The van der Waals surface area contributed by atoms with Gasteiger partial charge in [-0.1, -0.05) is 33.6 Å². The fourth-order valence-electron chi connectivity index (χ4n) is 1.85. The summed E-state index contributed by atoms with van der Waals surface area (Å²) in [6.07, 6.45) is 0. The van der Waals surface area contributed by atoms with Crippen LogP contribution in [0.3, 0.4) is 0 Å². The quantitative estimate of drug-likeness (QED) is 0.810. The second-order valence-electron chi connectivity index (χ2n) is 4.28. The van der Waals surface area contributed by atoms with Crippen LogP contribution in [0.4, 0.5) is 10.1 Å². The molecule has 0 fully saturated rings. The fraction of sp³-hybridized carbons (Fsp3) is 0.200. The molecular formula is C15H14BrClFNO2. The standard InChI is InChI=1S/C15H14BrClFNO2/c1-20-14-7-13(15(21-2)6-11(14)17)19-8-9-3-4-10(16)5-12(9)18/h3-7,19H,8H2,1-2H3. The van der Waals surface area contributed by atoms with Gasteiger partial charge in [-0.3, -0.25) is 0 Å². The highest BCUT2D eigenvalue weighted by Crippen LogP contribution is 2.36. The van der Waals surface area contributed by atoms with Crippen molar-refractivity contribution in [2.45, 2.75) is 6.54 Å². The van der Waals surface area contributed by atoms with Crippen molar-refractivity contribution in [3.63, 3.8) is 0 Å². The molecular weight excluding hydrogens is 361 g/mol. The van der Waals surface area contributed by atoms with Gasteiger partial charge >= 0.3 is 0 Å². The number of nitrogens with one attached hydrogen (secondary N) is 1. The SMILES string of the molecule is COc1cc(NCc2ccc(Br)cc2F)c(OC)cc1Cl. The van der Waals surface area contributed by atoms with Crippen LogP contribution in [-0.2, 0) is 6.54 Å². The summed E-state index contributed by atoms with van der Waals surface area (Å²) in [6, 6.07) is 8.31. The zero-order valence-electron chi connectivity index (χ0n) is 11.5. The van der Waals surface area contributed by atoms with Crippen molar-refractivity contribution in [3.8, 4) is 11.5 Å². The molecule has 1 N–H and O–H groups in total. The summed E-state index contributed by atoms with van der Waals surface area (Å²) in [6.45, 7) is 0.320. The molecule has 0 amide bonds. The Kier molecular flexibility index (Phi) is 5.31.